The Bertz CT molecular complexity index is 874. The second kappa shape index (κ2) is 7.48. The first-order valence-corrected chi connectivity index (χ1v) is 10.2. The van der Waals surface area contributed by atoms with Gasteiger partial charge in [-0.2, -0.15) is 0 Å². The van der Waals surface area contributed by atoms with E-state index < -0.39 is 41.4 Å². The molecule has 30 heavy (non-hydrogen) atoms. The molecular formula is C21H26N4O5. The summed E-state index contributed by atoms with van der Waals surface area (Å²) in [4.78, 5) is 53.3. The van der Waals surface area contributed by atoms with E-state index in [0.29, 0.717) is 30.8 Å². The predicted molar refractivity (Wildman–Crippen MR) is 106 cm³/mol. The molecule has 0 saturated carbocycles. The Morgan fingerprint density at radius 3 is 2.33 bits per heavy atom. The number of fused-ring (bicyclic) bond motifs is 2. The maximum atomic E-state index is 13.6. The Morgan fingerprint density at radius 2 is 1.73 bits per heavy atom. The third-order valence-electron chi connectivity index (χ3n) is 5.45. The van der Waals surface area contributed by atoms with Gasteiger partial charge in [-0.3, -0.25) is 24.3 Å². The quantitative estimate of drug-likeness (QED) is 0.563. The number of ether oxygens (including phenoxy) is 1. The summed E-state index contributed by atoms with van der Waals surface area (Å²) in [6, 6.07) is 4.72. The van der Waals surface area contributed by atoms with E-state index >= 15 is 0 Å². The summed E-state index contributed by atoms with van der Waals surface area (Å²) >= 11 is 0. The van der Waals surface area contributed by atoms with E-state index in [0.717, 1.165) is 11.3 Å². The predicted octanol–water partition coefficient (Wildman–Crippen LogP) is 0.762. The number of carbonyl (C=O) groups is 4. The summed E-state index contributed by atoms with van der Waals surface area (Å²) in [5, 5.41) is 6.30. The first-order chi connectivity index (χ1) is 14.2. The number of esters is 1. The number of amides is 3. The van der Waals surface area contributed by atoms with Gasteiger partial charge in [0.2, 0.25) is 0 Å². The van der Waals surface area contributed by atoms with Crippen molar-refractivity contribution in [2.45, 2.75) is 51.3 Å². The van der Waals surface area contributed by atoms with E-state index in [1.807, 2.05) is 0 Å². The smallest absolute Gasteiger partial charge is 0.331 e. The van der Waals surface area contributed by atoms with Crippen molar-refractivity contribution in [2.75, 3.05) is 19.8 Å². The lowest BCUT2D eigenvalue weighted by Crippen LogP contribution is -2.62. The average Bonchev–Trinajstić information content (AvgIpc) is 2.83. The van der Waals surface area contributed by atoms with Crippen molar-refractivity contribution in [3.8, 4) is 0 Å². The molecular weight excluding hydrogens is 388 g/mol. The minimum Gasteiger partial charge on any atom is -0.458 e. The van der Waals surface area contributed by atoms with E-state index in [2.05, 4.69) is 5.32 Å². The fraction of sp³-hybridized carbons (Fsp3) is 0.524. The highest BCUT2D eigenvalue weighted by atomic mass is 16.6. The van der Waals surface area contributed by atoms with E-state index in [1.54, 1.807) is 50.0 Å². The zero-order chi connectivity index (χ0) is 21.6. The van der Waals surface area contributed by atoms with Crippen LogP contribution in [-0.2, 0) is 14.3 Å². The Balaban J connectivity index is 1.64. The molecule has 0 aromatic heterocycles. The molecule has 3 aliphatic heterocycles. The molecule has 9 nitrogen and oxygen atoms in total. The van der Waals surface area contributed by atoms with Crippen LogP contribution in [0.1, 0.15) is 54.3 Å². The van der Waals surface area contributed by atoms with Crippen LogP contribution in [0.4, 0.5) is 0 Å². The van der Waals surface area contributed by atoms with Gasteiger partial charge in [0, 0.05) is 13.1 Å². The molecule has 1 N–H and O–H groups in total. The molecule has 0 unspecified atom stereocenters. The molecule has 0 radical (unpaired) electrons. The topological polar surface area (TPSA) is 99.3 Å². The molecule has 0 aliphatic carbocycles. The summed E-state index contributed by atoms with van der Waals surface area (Å²) in [7, 11) is 0. The van der Waals surface area contributed by atoms with Crippen LogP contribution >= 0.6 is 0 Å². The van der Waals surface area contributed by atoms with Crippen LogP contribution in [0, 0.1) is 0 Å². The van der Waals surface area contributed by atoms with Crippen LogP contribution in [0.3, 0.4) is 0 Å². The van der Waals surface area contributed by atoms with Gasteiger partial charge in [-0.25, -0.2) is 9.80 Å². The van der Waals surface area contributed by atoms with Gasteiger partial charge < -0.3 is 10.1 Å². The summed E-state index contributed by atoms with van der Waals surface area (Å²) in [6.07, 6.45) is 1.19. The van der Waals surface area contributed by atoms with Crippen molar-refractivity contribution in [3.63, 3.8) is 0 Å². The zero-order valence-corrected chi connectivity index (χ0v) is 17.4. The first kappa shape index (κ1) is 20.5. The number of imide groups is 1. The normalized spacial score (nSPS) is 25.1. The molecule has 160 valence electrons. The maximum absolute atomic E-state index is 13.6. The molecule has 2 saturated heterocycles. The summed E-state index contributed by atoms with van der Waals surface area (Å²) in [6.45, 7) is 6.38. The second-order valence-electron chi connectivity index (χ2n) is 8.76. The molecule has 0 bridgehead atoms. The molecule has 3 aliphatic rings. The minimum atomic E-state index is -1.04. The van der Waals surface area contributed by atoms with Crippen LogP contribution in [0.15, 0.2) is 24.3 Å². The number of hydrogen-bond donors (Lipinski definition) is 1. The average molecular weight is 414 g/mol. The molecule has 2 fully saturated rings. The van der Waals surface area contributed by atoms with Gasteiger partial charge in [0.05, 0.1) is 17.8 Å². The third kappa shape index (κ3) is 3.48. The maximum Gasteiger partial charge on any atom is 0.331 e. The van der Waals surface area contributed by atoms with E-state index in [4.69, 9.17) is 4.74 Å². The number of hydrogen-bond acceptors (Lipinski definition) is 7. The minimum absolute atomic E-state index is 0.123. The third-order valence-corrected chi connectivity index (χ3v) is 5.45. The van der Waals surface area contributed by atoms with E-state index in [1.165, 1.54) is 5.01 Å². The van der Waals surface area contributed by atoms with Gasteiger partial charge in [-0.15, -0.1) is 0 Å². The van der Waals surface area contributed by atoms with Gasteiger partial charge >= 0.3 is 5.97 Å². The van der Waals surface area contributed by atoms with Gasteiger partial charge in [-0.1, -0.05) is 12.1 Å². The monoisotopic (exact) mass is 414 g/mol. The molecule has 1 aromatic carbocycles. The van der Waals surface area contributed by atoms with Crippen molar-refractivity contribution in [1.82, 2.24) is 20.2 Å². The summed E-state index contributed by atoms with van der Waals surface area (Å²) < 4.78 is 5.54. The summed E-state index contributed by atoms with van der Waals surface area (Å²) in [5.41, 5.74) is -0.105. The molecule has 3 heterocycles. The van der Waals surface area contributed by atoms with Gasteiger partial charge in [0.25, 0.3) is 17.7 Å². The van der Waals surface area contributed by atoms with Crippen LogP contribution in [-0.4, -0.2) is 76.1 Å². The van der Waals surface area contributed by atoms with Crippen LogP contribution in [0.5, 0.6) is 0 Å². The molecule has 1 aromatic rings. The van der Waals surface area contributed by atoms with Crippen molar-refractivity contribution < 1.29 is 23.9 Å². The Morgan fingerprint density at radius 1 is 1.10 bits per heavy atom. The number of carbonyl (C=O) groups excluding carboxylic acids is 4. The lowest BCUT2D eigenvalue weighted by Gasteiger charge is -2.43. The highest BCUT2D eigenvalue weighted by Crippen LogP contribution is 2.29. The number of rotatable bonds is 2. The zero-order valence-electron chi connectivity index (χ0n) is 17.4. The van der Waals surface area contributed by atoms with Crippen molar-refractivity contribution in [2.24, 2.45) is 0 Å². The van der Waals surface area contributed by atoms with Crippen molar-refractivity contribution >= 4 is 23.7 Å². The van der Waals surface area contributed by atoms with Gasteiger partial charge in [-0.05, 0) is 45.7 Å². The Labute approximate surface area is 174 Å². The Kier molecular flexibility index (Phi) is 5.11. The number of nitrogens with one attached hydrogen (secondary N) is 1. The molecule has 4 rings (SSSR count). The lowest BCUT2D eigenvalue weighted by molar-refractivity contribution is -0.185. The SMILES string of the molecule is CC(C)(C)OC(=O)[C@@H]1CCCN2CNC[C@H](N3C(=O)c4ccccc4C3=O)C(=O)N12. The highest BCUT2D eigenvalue weighted by molar-refractivity contribution is 6.22. The molecule has 3 amide bonds. The van der Waals surface area contributed by atoms with Crippen LogP contribution in [0.2, 0.25) is 0 Å². The van der Waals surface area contributed by atoms with Gasteiger partial charge in [0.15, 0.2) is 0 Å². The van der Waals surface area contributed by atoms with Crippen molar-refractivity contribution in [3.05, 3.63) is 35.4 Å². The van der Waals surface area contributed by atoms with E-state index in [-0.39, 0.29) is 6.54 Å². The number of hydrazine groups is 1. The Hall–Kier alpha value is -2.78. The van der Waals surface area contributed by atoms with Crippen LogP contribution in [0.25, 0.3) is 0 Å². The standard InChI is InChI=1S/C21H26N4O5/c1-21(2,3)30-20(29)15-9-6-10-23-12-22-11-16(19(28)25(15)23)24-17(26)13-7-4-5-8-14(13)18(24)27/h4-5,7-8,15-16,22H,6,9-12H2,1-3H3/t15-,16-/m0/s1. The molecule has 2 atom stereocenters. The second-order valence-corrected chi connectivity index (χ2v) is 8.76. The highest BCUT2D eigenvalue weighted by Gasteiger charge is 2.49. The first-order valence-electron chi connectivity index (χ1n) is 10.2. The van der Waals surface area contributed by atoms with Crippen molar-refractivity contribution in [1.29, 1.82) is 0 Å². The molecule has 9 heteroatoms. The number of nitrogens with zero attached hydrogens (tertiary/aromatic N) is 3. The fourth-order valence-corrected chi connectivity index (χ4v) is 4.19. The largest absolute Gasteiger partial charge is 0.458 e. The molecule has 0 spiro atoms. The summed E-state index contributed by atoms with van der Waals surface area (Å²) in [5.74, 6) is -1.92. The number of benzene rings is 1. The van der Waals surface area contributed by atoms with Crippen LogP contribution < -0.4 is 5.32 Å². The fourth-order valence-electron chi connectivity index (χ4n) is 4.19. The van der Waals surface area contributed by atoms with E-state index in [9.17, 15) is 19.2 Å². The lowest BCUT2D eigenvalue weighted by atomic mass is 10.1. The van der Waals surface area contributed by atoms with Gasteiger partial charge in [0.1, 0.15) is 17.7 Å².